The van der Waals surface area contributed by atoms with E-state index in [0.29, 0.717) is 13.0 Å². The molecule has 0 saturated carbocycles. The molecule has 1 rings (SSSR count). The highest BCUT2D eigenvalue weighted by Crippen LogP contribution is 2.09. The van der Waals surface area contributed by atoms with E-state index in [1.54, 1.807) is 4.90 Å². The van der Waals surface area contributed by atoms with Gasteiger partial charge in [-0.1, -0.05) is 0 Å². The van der Waals surface area contributed by atoms with Gasteiger partial charge in [-0.05, 0) is 33.2 Å². The summed E-state index contributed by atoms with van der Waals surface area (Å²) in [4.78, 5) is 25.3. The Morgan fingerprint density at radius 3 is 2.61 bits per heavy atom. The maximum atomic E-state index is 11.8. The quantitative estimate of drug-likeness (QED) is 0.720. The highest BCUT2D eigenvalue weighted by molar-refractivity contribution is 5.80. The van der Waals surface area contributed by atoms with E-state index >= 15 is 0 Å². The molecule has 2 N–H and O–H groups in total. The summed E-state index contributed by atoms with van der Waals surface area (Å²) in [6, 6.07) is 0. The second-order valence-corrected chi connectivity index (χ2v) is 4.65. The number of carbonyl (C=O) groups excluding carboxylic acids is 2. The summed E-state index contributed by atoms with van der Waals surface area (Å²) in [5, 5.41) is 6.08. The van der Waals surface area contributed by atoms with Crippen LogP contribution in [0.1, 0.15) is 33.1 Å². The van der Waals surface area contributed by atoms with Crippen LogP contribution in [-0.4, -0.2) is 49.4 Å². The Morgan fingerprint density at radius 2 is 2.06 bits per heavy atom. The van der Waals surface area contributed by atoms with Crippen LogP contribution < -0.4 is 10.6 Å². The second-order valence-electron chi connectivity index (χ2n) is 4.65. The van der Waals surface area contributed by atoms with Crippen LogP contribution in [0.4, 0.5) is 0 Å². The fourth-order valence-electron chi connectivity index (χ4n) is 2.25. The molecular weight excluding hydrogens is 230 g/mol. The molecule has 104 valence electrons. The lowest BCUT2D eigenvalue weighted by Crippen LogP contribution is -2.41. The molecule has 0 aliphatic carbocycles. The smallest absolute Gasteiger partial charge is 0.224 e. The fraction of sp³-hybridized carbons (Fsp3) is 0.846. The molecule has 5 nitrogen and oxygen atoms in total. The maximum absolute atomic E-state index is 11.8. The molecule has 18 heavy (non-hydrogen) atoms. The van der Waals surface area contributed by atoms with Crippen LogP contribution in [0.5, 0.6) is 0 Å². The average molecular weight is 255 g/mol. The van der Waals surface area contributed by atoms with E-state index in [2.05, 4.69) is 10.6 Å². The largest absolute Gasteiger partial charge is 0.355 e. The van der Waals surface area contributed by atoms with Crippen LogP contribution in [0, 0.1) is 5.92 Å². The van der Waals surface area contributed by atoms with E-state index < -0.39 is 0 Å². The summed E-state index contributed by atoms with van der Waals surface area (Å²) in [6.07, 6.45) is 2.40. The van der Waals surface area contributed by atoms with E-state index in [1.807, 2.05) is 13.8 Å². The number of piperidine rings is 1. The van der Waals surface area contributed by atoms with E-state index in [-0.39, 0.29) is 17.7 Å². The van der Waals surface area contributed by atoms with Gasteiger partial charge in [0.25, 0.3) is 0 Å². The van der Waals surface area contributed by atoms with Crippen LogP contribution in [0.25, 0.3) is 0 Å². The molecule has 0 aromatic carbocycles. The molecule has 1 aliphatic rings. The zero-order valence-corrected chi connectivity index (χ0v) is 11.5. The van der Waals surface area contributed by atoms with Gasteiger partial charge in [0.05, 0.1) is 5.92 Å². The van der Waals surface area contributed by atoms with Crippen LogP contribution in [0.15, 0.2) is 0 Å². The fourth-order valence-corrected chi connectivity index (χ4v) is 2.25. The molecule has 0 aromatic heterocycles. The molecule has 1 atom stereocenters. The van der Waals surface area contributed by atoms with Gasteiger partial charge in [0, 0.05) is 32.6 Å². The first kappa shape index (κ1) is 15.0. The number of hydrogen-bond acceptors (Lipinski definition) is 3. The van der Waals surface area contributed by atoms with Crippen molar-refractivity contribution in [2.45, 2.75) is 33.1 Å². The molecule has 1 fully saturated rings. The van der Waals surface area contributed by atoms with E-state index in [9.17, 15) is 9.59 Å². The summed E-state index contributed by atoms with van der Waals surface area (Å²) in [7, 11) is 0. The number of hydrogen-bond donors (Lipinski definition) is 2. The number of carbonyl (C=O) groups is 2. The van der Waals surface area contributed by atoms with Crippen molar-refractivity contribution < 1.29 is 9.59 Å². The number of nitrogens with zero attached hydrogens (tertiary/aromatic N) is 1. The van der Waals surface area contributed by atoms with Crippen LogP contribution in [0.3, 0.4) is 0 Å². The highest BCUT2D eigenvalue weighted by Gasteiger charge is 2.20. The highest BCUT2D eigenvalue weighted by atomic mass is 16.2. The first-order chi connectivity index (χ1) is 8.69. The molecular formula is C13H25N3O2. The van der Waals surface area contributed by atoms with Crippen molar-refractivity contribution in [2.24, 2.45) is 5.92 Å². The lowest BCUT2D eigenvalue weighted by Gasteiger charge is -2.22. The molecule has 0 bridgehead atoms. The maximum Gasteiger partial charge on any atom is 0.224 e. The summed E-state index contributed by atoms with van der Waals surface area (Å²) in [5.41, 5.74) is 0. The Morgan fingerprint density at radius 1 is 1.33 bits per heavy atom. The first-order valence-corrected chi connectivity index (χ1v) is 6.95. The van der Waals surface area contributed by atoms with E-state index in [0.717, 1.165) is 39.0 Å². The molecule has 0 radical (unpaired) electrons. The predicted octanol–water partition coefficient (Wildman–Crippen LogP) is 0.361. The standard InChI is InChI=1S/C13H25N3O2/c1-3-16(4-2)12(17)7-9-15-13(18)11-6-5-8-14-10-11/h11,14H,3-10H2,1-2H3,(H,15,18)/t11-/m1/s1. The Kier molecular flexibility index (Phi) is 6.72. The van der Waals surface area contributed by atoms with Crippen molar-refractivity contribution in [1.29, 1.82) is 0 Å². The molecule has 1 saturated heterocycles. The predicted molar refractivity (Wildman–Crippen MR) is 71.1 cm³/mol. The molecule has 0 aromatic rings. The van der Waals surface area contributed by atoms with E-state index in [1.165, 1.54) is 0 Å². The average Bonchev–Trinajstić information content (AvgIpc) is 2.41. The molecule has 1 heterocycles. The normalized spacial score (nSPS) is 19.3. The number of rotatable bonds is 6. The van der Waals surface area contributed by atoms with Gasteiger partial charge >= 0.3 is 0 Å². The molecule has 2 amide bonds. The Balaban J connectivity index is 2.20. The summed E-state index contributed by atoms with van der Waals surface area (Å²) in [6.45, 7) is 7.61. The van der Waals surface area contributed by atoms with Gasteiger partial charge < -0.3 is 15.5 Å². The molecule has 1 aliphatic heterocycles. The topological polar surface area (TPSA) is 61.4 Å². The van der Waals surface area contributed by atoms with Crippen molar-refractivity contribution in [1.82, 2.24) is 15.5 Å². The van der Waals surface area contributed by atoms with Gasteiger partial charge in [-0.2, -0.15) is 0 Å². The van der Waals surface area contributed by atoms with Crippen LogP contribution >= 0.6 is 0 Å². The Hall–Kier alpha value is -1.10. The summed E-state index contributed by atoms with van der Waals surface area (Å²) >= 11 is 0. The Labute approximate surface area is 109 Å². The lowest BCUT2D eigenvalue weighted by atomic mass is 9.99. The minimum atomic E-state index is 0.0716. The minimum absolute atomic E-state index is 0.0716. The van der Waals surface area contributed by atoms with Crippen molar-refractivity contribution in [3.05, 3.63) is 0 Å². The Bertz CT molecular complexity index is 271. The monoisotopic (exact) mass is 255 g/mol. The van der Waals surface area contributed by atoms with Crippen molar-refractivity contribution in [3.63, 3.8) is 0 Å². The van der Waals surface area contributed by atoms with Gasteiger partial charge in [-0.15, -0.1) is 0 Å². The zero-order valence-electron chi connectivity index (χ0n) is 11.5. The van der Waals surface area contributed by atoms with Crippen LogP contribution in [-0.2, 0) is 9.59 Å². The zero-order chi connectivity index (χ0) is 13.4. The van der Waals surface area contributed by atoms with Gasteiger partial charge in [0.15, 0.2) is 0 Å². The minimum Gasteiger partial charge on any atom is -0.355 e. The second kappa shape index (κ2) is 8.08. The van der Waals surface area contributed by atoms with Crippen molar-refractivity contribution in [3.8, 4) is 0 Å². The van der Waals surface area contributed by atoms with Crippen molar-refractivity contribution in [2.75, 3.05) is 32.7 Å². The number of amides is 2. The summed E-state index contributed by atoms with van der Waals surface area (Å²) < 4.78 is 0. The van der Waals surface area contributed by atoms with Crippen molar-refractivity contribution >= 4 is 11.8 Å². The van der Waals surface area contributed by atoms with Gasteiger partial charge in [0.1, 0.15) is 0 Å². The van der Waals surface area contributed by atoms with Crippen LogP contribution in [0.2, 0.25) is 0 Å². The SMILES string of the molecule is CCN(CC)C(=O)CCNC(=O)[C@@H]1CCCNC1. The third kappa shape index (κ3) is 4.64. The number of nitrogens with one attached hydrogen (secondary N) is 2. The lowest BCUT2D eigenvalue weighted by molar-refractivity contribution is -0.131. The van der Waals surface area contributed by atoms with Gasteiger partial charge in [-0.25, -0.2) is 0 Å². The molecule has 5 heteroatoms. The van der Waals surface area contributed by atoms with Gasteiger partial charge in [0.2, 0.25) is 11.8 Å². The first-order valence-electron chi connectivity index (χ1n) is 6.95. The third-order valence-electron chi connectivity index (χ3n) is 3.42. The van der Waals surface area contributed by atoms with E-state index in [4.69, 9.17) is 0 Å². The van der Waals surface area contributed by atoms with Gasteiger partial charge in [-0.3, -0.25) is 9.59 Å². The summed E-state index contributed by atoms with van der Waals surface area (Å²) in [5.74, 6) is 0.263. The molecule has 0 unspecified atom stereocenters. The molecule has 0 spiro atoms. The third-order valence-corrected chi connectivity index (χ3v) is 3.42.